The summed E-state index contributed by atoms with van der Waals surface area (Å²) in [7, 11) is 0. The molecule has 0 bridgehead atoms. The average Bonchev–Trinajstić information content (AvgIpc) is 0. The molecule has 0 rings (SSSR count). The van der Waals surface area contributed by atoms with Gasteiger partial charge >= 0.3 is 81.7 Å². The molecule has 0 fully saturated rings. The molecule has 7 heavy (non-hydrogen) atoms. The van der Waals surface area contributed by atoms with Crippen LogP contribution in [-0.2, 0) is 16.4 Å². The fourth-order valence-electron chi connectivity index (χ4n) is 0. The summed E-state index contributed by atoms with van der Waals surface area (Å²) < 4.78 is 0. The Balaban J connectivity index is 0. The molecule has 0 atom stereocenters. The van der Waals surface area contributed by atoms with E-state index in [1.165, 1.54) is 0 Å². The zero-order chi connectivity index (χ0) is 0. The maximum Gasteiger partial charge on any atom is 3.00 e. The SMILES string of the molecule is [Nd+3].[Nd+3].[O-2].[O-2].[O-2].[Pr].[Pr]. The van der Waals surface area contributed by atoms with Gasteiger partial charge in [-0.3, -0.25) is 0 Å². The molecular formula is Nd2O3Pr2. The van der Waals surface area contributed by atoms with Crippen molar-refractivity contribution in [3.8, 4) is 0 Å². The van der Waals surface area contributed by atoms with Crippen molar-refractivity contribution in [3.63, 3.8) is 0 Å². The topological polar surface area (TPSA) is 85.5 Å². The number of hydrogen-bond donors (Lipinski definition) is 0. The Hall–Kier alpha value is 5.31. The van der Waals surface area contributed by atoms with Crippen molar-refractivity contribution < 1.29 is 181 Å². The Morgan fingerprint density at radius 2 is 0.429 bits per heavy atom. The molecule has 0 aliphatic carbocycles. The van der Waals surface area contributed by atoms with Crippen LogP contribution in [-0.4, -0.2) is 0 Å². The van der Waals surface area contributed by atoms with E-state index in [4.69, 9.17) is 0 Å². The Morgan fingerprint density at radius 3 is 0.429 bits per heavy atom. The molecule has 4 radical (unpaired) electrons. The van der Waals surface area contributed by atoms with Gasteiger partial charge < -0.3 is 16.4 Å². The van der Waals surface area contributed by atoms with Crippen molar-refractivity contribution in [3.05, 3.63) is 0 Å². The quantitative estimate of drug-likeness (QED) is 0.356. The zero-order valence-electron chi connectivity index (χ0n) is 3.38. The summed E-state index contributed by atoms with van der Waals surface area (Å²) in [5.74, 6) is 0. The van der Waals surface area contributed by atoms with Crippen molar-refractivity contribution >= 4 is 0 Å². The number of rotatable bonds is 0. The third-order valence-electron chi connectivity index (χ3n) is 0. The molecule has 0 N–H and O–H groups in total. The van der Waals surface area contributed by atoms with Crippen molar-refractivity contribution in [2.75, 3.05) is 0 Å². The standard InChI is InChI=1S/2Nd.3O.2Pr/q2*+3;3*-2;;. The normalized spacial score (nSPS) is 0. The van der Waals surface area contributed by atoms with Crippen LogP contribution in [0.25, 0.3) is 0 Å². The summed E-state index contributed by atoms with van der Waals surface area (Å²) in [5.41, 5.74) is 0. The third-order valence-corrected chi connectivity index (χ3v) is 0. The van der Waals surface area contributed by atoms with Crippen molar-refractivity contribution in [2.45, 2.75) is 0 Å². The minimum Gasteiger partial charge on any atom is -2.00 e. The molecule has 0 aliphatic heterocycles. The number of hydrogen-bond acceptors (Lipinski definition) is 0. The van der Waals surface area contributed by atoms with Gasteiger partial charge in [0.15, 0.2) is 0 Å². The summed E-state index contributed by atoms with van der Waals surface area (Å²) in [4.78, 5) is 0. The minimum atomic E-state index is 0. The van der Waals surface area contributed by atoms with Crippen LogP contribution in [0.1, 0.15) is 0 Å². The summed E-state index contributed by atoms with van der Waals surface area (Å²) in [6.45, 7) is 0. The van der Waals surface area contributed by atoms with Crippen LogP contribution in [0.4, 0.5) is 0 Å². The zero-order valence-corrected chi connectivity index (χ0v) is 17.2. The van der Waals surface area contributed by atoms with Gasteiger partial charge in [0, 0.05) is 82.6 Å². The van der Waals surface area contributed by atoms with Gasteiger partial charge in [-0.25, -0.2) is 0 Å². The first-order chi connectivity index (χ1) is 0. The smallest absolute Gasteiger partial charge is 2.00 e. The van der Waals surface area contributed by atoms with Gasteiger partial charge in [-0.15, -0.1) is 0 Å². The van der Waals surface area contributed by atoms with Gasteiger partial charge in [0.2, 0.25) is 0 Å². The van der Waals surface area contributed by atoms with Crippen molar-refractivity contribution in [1.29, 1.82) is 0 Å². The Labute approximate surface area is 175 Å². The fourth-order valence-corrected chi connectivity index (χ4v) is 0. The van der Waals surface area contributed by atoms with E-state index in [0.29, 0.717) is 0 Å². The third kappa shape index (κ3) is 34.8. The van der Waals surface area contributed by atoms with Crippen LogP contribution >= 0.6 is 0 Å². The van der Waals surface area contributed by atoms with Gasteiger partial charge in [-0.05, 0) is 0 Å². The van der Waals surface area contributed by atoms with Gasteiger partial charge in [0.1, 0.15) is 0 Å². The molecule has 0 aromatic carbocycles. The van der Waals surface area contributed by atoms with E-state index in [1.807, 2.05) is 0 Å². The second-order valence-corrected chi connectivity index (χ2v) is 0. The minimum absolute atomic E-state index is 0. The molecular weight excluding hydrogens is 618 g/mol. The van der Waals surface area contributed by atoms with Crippen molar-refractivity contribution in [1.82, 2.24) is 0 Å². The predicted molar refractivity (Wildman–Crippen MR) is 2.06 cm³/mol. The van der Waals surface area contributed by atoms with Crippen LogP contribution in [0.15, 0.2) is 0 Å². The van der Waals surface area contributed by atoms with E-state index in [9.17, 15) is 0 Å². The van der Waals surface area contributed by atoms with Crippen LogP contribution < -0.4 is 0 Å². The molecule has 7 heteroatoms. The molecule has 0 aromatic rings. The molecule has 0 saturated heterocycles. The monoisotopic (exact) mass is 614 g/mol. The van der Waals surface area contributed by atoms with E-state index >= 15 is 0 Å². The Bertz CT molecular complexity index is 10.9. The van der Waals surface area contributed by atoms with E-state index in [2.05, 4.69) is 0 Å². The van der Waals surface area contributed by atoms with Gasteiger partial charge in [0.05, 0.1) is 0 Å². The van der Waals surface area contributed by atoms with Crippen LogP contribution in [0.3, 0.4) is 0 Å². The molecule has 32 valence electrons. The van der Waals surface area contributed by atoms with E-state index < -0.39 is 0 Å². The van der Waals surface area contributed by atoms with Crippen LogP contribution in [0.2, 0.25) is 0 Å². The van der Waals surface area contributed by atoms with Gasteiger partial charge in [0.25, 0.3) is 0 Å². The van der Waals surface area contributed by atoms with Crippen LogP contribution in [0.5, 0.6) is 0 Å². The van der Waals surface area contributed by atoms with E-state index in [-0.39, 0.29) is 181 Å². The van der Waals surface area contributed by atoms with Crippen LogP contribution in [0, 0.1) is 164 Å². The van der Waals surface area contributed by atoms with E-state index in [1.54, 1.807) is 0 Å². The summed E-state index contributed by atoms with van der Waals surface area (Å²) >= 11 is 0. The maximum absolute atomic E-state index is 0. The average molecular weight is 618 g/mol. The Morgan fingerprint density at radius 1 is 0.429 bits per heavy atom. The maximum atomic E-state index is 0. The summed E-state index contributed by atoms with van der Waals surface area (Å²) in [6.07, 6.45) is 0. The first kappa shape index (κ1) is 55.9. The molecule has 0 heterocycles. The fraction of sp³-hybridized carbons (Fsp3) is 0. The molecule has 0 aromatic heterocycles. The molecule has 0 spiro atoms. The molecule has 0 unspecified atom stereocenters. The molecule has 0 aliphatic rings. The first-order valence-electron chi connectivity index (χ1n) is 0. The predicted octanol–water partition coefficient (Wildman–Crippen LogP) is -0.356. The second-order valence-electron chi connectivity index (χ2n) is 0. The second kappa shape index (κ2) is 42.6. The molecule has 0 saturated carbocycles. The van der Waals surface area contributed by atoms with Gasteiger partial charge in [-0.2, -0.15) is 0 Å². The summed E-state index contributed by atoms with van der Waals surface area (Å²) in [6, 6.07) is 0. The van der Waals surface area contributed by atoms with E-state index in [0.717, 1.165) is 0 Å². The largest absolute Gasteiger partial charge is 3.00 e. The first-order valence-corrected chi connectivity index (χ1v) is 0. The van der Waals surface area contributed by atoms with Gasteiger partial charge in [-0.1, -0.05) is 0 Å². The Kier molecular flexibility index (Phi) is 340. The summed E-state index contributed by atoms with van der Waals surface area (Å²) in [5, 5.41) is 0. The molecule has 3 nitrogen and oxygen atoms in total. The van der Waals surface area contributed by atoms with Crippen molar-refractivity contribution in [2.24, 2.45) is 0 Å². The molecule has 0 amide bonds.